The number of hydrogen-bond acceptors (Lipinski definition) is 4. The van der Waals surface area contributed by atoms with Crippen LogP contribution in [0.5, 0.6) is 5.75 Å². The van der Waals surface area contributed by atoms with E-state index in [2.05, 4.69) is 22.0 Å². The van der Waals surface area contributed by atoms with Gasteiger partial charge in [0, 0.05) is 38.3 Å². The maximum Gasteiger partial charge on any atom is 0.226 e. The summed E-state index contributed by atoms with van der Waals surface area (Å²) >= 11 is 0. The van der Waals surface area contributed by atoms with Crippen LogP contribution < -0.4 is 9.64 Å². The molecule has 25 heavy (non-hydrogen) atoms. The normalized spacial score (nSPS) is 20.4. The summed E-state index contributed by atoms with van der Waals surface area (Å²) in [5, 5.41) is 0. The van der Waals surface area contributed by atoms with Crippen LogP contribution in [0.1, 0.15) is 12.0 Å². The van der Waals surface area contributed by atoms with Crippen molar-refractivity contribution in [2.45, 2.75) is 12.8 Å². The Hall–Kier alpha value is -2.56. The molecule has 1 aromatic carbocycles. The van der Waals surface area contributed by atoms with Crippen LogP contribution in [0.15, 0.2) is 48.8 Å². The summed E-state index contributed by atoms with van der Waals surface area (Å²) in [5.74, 6) is 1.22. The molecule has 0 radical (unpaired) electrons. The molecule has 1 atom stereocenters. The van der Waals surface area contributed by atoms with E-state index in [-0.39, 0.29) is 11.8 Å². The molecule has 0 N–H and O–H groups in total. The molecule has 0 spiro atoms. The van der Waals surface area contributed by atoms with Crippen molar-refractivity contribution in [1.29, 1.82) is 0 Å². The Bertz CT molecular complexity index is 727. The number of hydrogen-bond donors (Lipinski definition) is 0. The fraction of sp³-hybridized carbons (Fsp3) is 0.400. The SMILES string of the molecule is O=C([C@@H]1CCOc2ccccc2C1)N1CCN(c2cccnc2)CC1. The summed E-state index contributed by atoms with van der Waals surface area (Å²) < 4.78 is 5.81. The van der Waals surface area contributed by atoms with E-state index in [1.807, 2.05) is 35.4 Å². The number of carbonyl (C=O) groups is 1. The number of para-hydroxylation sites is 1. The first kappa shape index (κ1) is 15.9. The number of piperazine rings is 1. The molecule has 130 valence electrons. The van der Waals surface area contributed by atoms with Gasteiger partial charge in [-0.25, -0.2) is 0 Å². The molecule has 1 fully saturated rings. The van der Waals surface area contributed by atoms with Crippen LogP contribution >= 0.6 is 0 Å². The lowest BCUT2D eigenvalue weighted by Crippen LogP contribution is -2.50. The molecule has 0 aliphatic carbocycles. The number of benzene rings is 1. The van der Waals surface area contributed by atoms with Gasteiger partial charge < -0.3 is 14.5 Å². The average Bonchev–Trinajstić information content (AvgIpc) is 2.91. The maximum absolute atomic E-state index is 13.0. The number of amides is 1. The van der Waals surface area contributed by atoms with E-state index >= 15 is 0 Å². The van der Waals surface area contributed by atoms with Crippen LogP contribution in [0.2, 0.25) is 0 Å². The number of ether oxygens (including phenoxy) is 1. The van der Waals surface area contributed by atoms with Gasteiger partial charge in [0.25, 0.3) is 0 Å². The highest BCUT2D eigenvalue weighted by Crippen LogP contribution is 2.28. The zero-order valence-corrected chi connectivity index (χ0v) is 14.3. The van der Waals surface area contributed by atoms with E-state index < -0.39 is 0 Å². The van der Waals surface area contributed by atoms with Crippen molar-refractivity contribution in [2.24, 2.45) is 5.92 Å². The topological polar surface area (TPSA) is 45.7 Å². The highest BCUT2D eigenvalue weighted by molar-refractivity contribution is 5.79. The van der Waals surface area contributed by atoms with Gasteiger partial charge >= 0.3 is 0 Å². The average molecular weight is 337 g/mol. The predicted octanol–water partition coefficient (Wildman–Crippen LogP) is 2.37. The molecular formula is C20H23N3O2. The molecule has 3 heterocycles. The number of nitrogens with zero attached hydrogens (tertiary/aromatic N) is 3. The van der Waals surface area contributed by atoms with E-state index in [4.69, 9.17) is 4.74 Å². The molecule has 0 unspecified atom stereocenters. The second-order valence-corrected chi connectivity index (χ2v) is 6.67. The third kappa shape index (κ3) is 3.45. The Morgan fingerprint density at radius 1 is 1.08 bits per heavy atom. The van der Waals surface area contributed by atoms with Gasteiger partial charge in [-0.1, -0.05) is 18.2 Å². The summed E-state index contributed by atoms with van der Waals surface area (Å²) in [7, 11) is 0. The Morgan fingerprint density at radius 3 is 2.72 bits per heavy atom. The highest BCUT2D eigenvalue weighted by atomic mass is 16.5. The molecule has 2 aliphatic heterocycles. The van der Waals surface area contributed by atoms with Crippen LogP contribution in [-0.2, 0) is 11.2 Å². The molecule has 1 amide bonds. The van der Waals surface area contributed by atoms with Crippen molar-refractivity contribution in [2.75, 3.05) is 37.7 Å². The molecule has 1 aromatic heterocycles. The van der Waals surface area contributed by atoms with Crippen LogP contribution in [0.4, 0.5) is 5.69 Å². The fourth-order valence-electron chi connectivity index (χ4n) is 3.69. The number of fused-ring (bicyclic) bond motifs is 1. The zero-order valence-electron chi connectivity index (χ0n) is 14.3. The van der Waals surface area contributed by atoms with Crippen molar-refractivity contribution < 1.29 is 9.53 Å². The third-order valence-corrected chi connectivity index (χ3v) is 5.11. The standard InChI is InChI=1S/C20H23N3O2/c24-20(17-7-13-25-19-6-2-1-4-16(19)14-17)23-11-9-22(10-12-23)18-5-3-8-21-15-18/h1-6,8,15,17H,7,9-14H2/t17-/m1/s1. The Balaban J connectivity index is 1.39. The second-order valence-electron chi connectivity index (χ2n) is 6.67. The number of anilines is 1. The van der Waals surface area contributed by atoms with Gasteiger partial charge in [-0.3, -0.25) is 9.78 Å². The summed E-state index contributed by atoms with van der Waals surface area (Å²) in [6.07, 6.45) is 5.24. The minimum atomic E-state index is 0.0218. The molecule has 2 aliphatic rings. The Morgan fingerprint density at radius 2 is 1.92 bits per heavy atom. The van der Waals surface area contributed by atoms with Crippen LogP contribution in [-0.4, -0.2) is 48.6 Å². The van der Waals surface area contributed by atoms with E-state index in [1.165, 1.54) is 0 Å². The molecule has 5 heteroatoms. The summed E-state index contributed by atoms with van der Waals surface area (Å²) in [6.45, 7) is 3.87. The van der Waals surface area contributed by atoms with Crippen LogP contribution in [0, 0.1) is 5.92 Å². The van der Waals surface area contributed by atoms with Gasteiger partial charge in [0.15, 0.2) is 0 Å². The van der Waals surface area contributed by atoms with Gasteiger partial charge in [0.05, 0.1) is 18.5 Å². The third-order valence-electron chi connectivity index (χ3n) is 5.11. The lowest BCUT2D eigenvalue weighted by Gasteiger charge is -2.37. The van der Waals surface area contributed by atoms with Crippen molar-refractivity contribution in [3.8, 4) is 5.75 Å². The van der Waals surface area contributed by atoms with Gasteiger partial charge in [-0.05, 0) is 36.6 Å². The molecule has 2 aromatic rings. The molecule has 0 saturated carbocycles. The zero-order chi connectivity index (χ0) is 17.1. The van der Waals surface area contributed by atoms with Crippen LogP contribution in [0.25, 0.3) is 0 Å². The van der Waals surface area contributed by atoms with E-state index in [9.17, 15) is 4.79 Å². The first-order valence-electron chi connectivity index (χ1n) is 8.96. The predicted molar refractivity (Wildman–Crippen MR) is 96.8 cm³/mol. The summed E-state index contributed by atoms with van der Waals surface area (Å²) in [5.41, 5.74) is 2.28. The highest BCUT2D eigenvalue weighted by Gasteiger charge is 2.29. The van der Waals surface area contributed by atoms with E-state index in [0.717, 1.165) is 56.0 Å². The maximum atomic E-state index is 13.0. The smallest absolute Gasteiger partial charge is 0.226 e. The second kappa shape index (κ2) is 7.13. The molecule has 1 saturated heterocycles. The number of aromatic nitrogens is 1. The molecular weight excluding hydrogens is 314 g/mol. The fourth-order valence-corrected chi connectivity index (χ4v) is 3.69. The molecule has 4 rings (SSSR count). The Kier molecular flexibility index (Phi) is 4.55. The quantitative estimate of drug-likeness (QED) is 0.844. The largest absolute Gasteiger partial charge is 0.493 e. The Labute approximate surface area is 148 Å². The van der Waals surface area contributed by atoms with E-state index in [1.54, 1.807) is 6.20 Å². The van der Waals surface area contributed by atoms with Crippen molar-refractivity contribution in [1.82, 2.24) is 9.88 Å². The number of pyridine rings is 1. The number of carbonyl (C=O) groups excluding carboxylic acids is 1. The minimum Gasteiger partial charge on any atom is -0.493 e. The molecule has 5 nitrogen and oxygen atoms in total. The first-order valence-corrected chi connectivity index (χ1v) is 8.96. The number of rotatable bonds is 2. The summed E-state index contributed by atoms with van der Waals surface area (Å²) in [4.78, 5) is 21.5. The van der Waals surface area contributed by atoms with Gasteiger partial charge in [0.2, 0.25) is 5.91 Å². The monoisotopic (exact) mass is 337 g/mol. The van der Waals surface area contributed by atoms with Crippen LogP contribution in [0.3, 0.4) is 0 Å². The lowest BCUT2D eigenvalue weighted by atomic mass is 9.95. The van der Waals surface area contributed by atoms with Gasteiger partial charge in [-0.15, -0.1) is 0 Å². The first-order chi connectivity index (χ1) is 12.3. The van der Waals surface area contributed by atoms with Crippen molar-refractivity contribution in [3.63, 3.8) is 0 Å². The minimum absolute atomic E-state index is 0.0218. The summed E-state index contributed by atoms with van der Waals surface area (Å²) in [6, 6.07) is 12.1. The lowest BCUT2D eigenvalue weighted by molar-refractivity contribution is -0.136. The van der Waals surface area contributed by atoms with Crippen molar-refractivity contribution >= 4 is 11.6 Å². The van der Waals surface area contributed by atoms with Gasteiger partial charge in [-0.2, -0.15) is 0 Å². The van der Waals surface area contributed by atoms with Crippen molar-refractivity contribution in [3.05, 3.63) is 54.4 Å². The van der Waals surface area contributed by atoms with Gasteiger partial charge in [0.1, 0.15) is 5.75 Å². The molecule has 0 bridgehead atoms. The van der Waals surface area contributed by atoms with E-state index in [0.29, 0.717) is 6.61 Å².